The Balaban J connectivity index is 4.72. The van der Waals surface area contributed by atoms with Crippen molar-refractivity contribution in [3.8, 4) is 0 Å². The Labute approximate surface area is 78.7 Å². The number of rotatable bonds is 4. The zero-order chi connectivity index (χ0) is 11.4. The Morgan fingerprint density at radius 2 is 2.31 bits per heavy atom. The van der Waals surface area contributed by atoms with E-state index < -0.39 is 23.3 Å². The Kier molecular flexibility index (Phi) is 3.25. The molecule has 0 saturated heterocycles. The molecule has 0 saturated carbocycles. The van der Waals surface area contributed by atoms with Crippen LogP contribution in [-0.4, -0.2) is 29.1 Å². The lowest BCUT2D eigenvalue weighted by atomic mass is 9.88. The summed E-state index contributed by atoms with van der Waals surface area (Å²) in [6, 6.07) is 0. The molecule has 0 bridgehead atoms. The third kappa shape index (κ3) is 2.69. The molecule has 1 amide bonds. The van der Waals surface area contributed by atoms with Crippen molar-refractivity contribution in [2.75, 3.05) is 6.54 Å². The van der Waals surface area contributed by atoms with Gasteiger partial charge in [-0.1, -0.05) is 13.8 Å². The van der Waals surface area contributed by atoms with Crippen LogP contribution < -0.4 is 11.1 Å². The van der Waals surface area contributed by atoms with Crippen LogP contribution in [0, 0.1) is 5.92 Å². The molecular weight excluding hydrogens is 172 g/mol. The first-order valence-corrected chi connectivity index (χ1v) is 3.92. The maximum atomic E-state index is 11.0. The maximum Gasteiger partial charge on any atom is 0.329 e. The summed E-state index contributed by atoms with van der Waals surface area (Å²) < 4.78 is 7.11. The van der Waals surface area contributed by atoms with Gasteiger partial charge in [0.15, 0.2) is 0 Å². The van der Waals surface area contributed by atoms with Crippen molar-refractivity contribution in [2.24, 2.45) is 11.7 Å². The molecule has 0 heterocycles. The van der Waals surface area contributed by atoms with Gasteiger partial charge in [-0.15, -0.1) is 0 Å². The third-order valence-corrected chi connectivity index (χ3v) is 2.01. The van der Waals surface area contributed by atoms with Gasteiger partial charge in [0.1, 0.15) is 5.54 Å². The summed E-state index contributed by atoms with van der Waals surface area (Å²) >= 11 is 0. The SMILES string of the molecule is [2H]CC(C)[C@](C)(NC(=O)CN)C(=O)O. The summed E-state index contributed by atoms with van der Waals surface area (Å²) in [6.45, 7) is 2.64. The number of carboxylic acid groups (broad SMARTS) is 1. The van der Waals surface area contributed by atoms with E-state index in [1.807, 2.05) is 0 Å². The Bertz CT molecular complexity index is 235. The second kappa shape index (κ2) is 4.23. The van der Waals surface area contributed by atoms with Crippen molar-refractivity contribution in [3.63, 3.8) is 0 Å². The van der Waals surface area contributed by atoms with Crippen LogP contribution in [0.4, 0.5) is 0 Å². The van der Waals surface area contributed by atoms with Gasteiger partial charge in [0, 0.05) is 1.37 Å². The van der Waals surface area contributed by atoms with E-state index >= 15 is 0 Å². The molecule has 0 radical (unpaired) electrons. The number of aliphatic carboxylic acids is 1. The van der Waals surface area contributed by atoms with Gasteiger partial charge in [-0.2, -0.15) is 0 Å². The number of carbonyl (C=O) groups excluding carboxylic acids is 1. The molecule has 0 aromatic carbocycles. The number of nitrogens with two attached hydrogens (primary N) is 1. The lowest BCUT2D eigenvalue weighted by Gasteiger charge is -2.29. The van der Waals surface area contributed by atoms with Gasteiger partial charge >= 0.3 is 5.97 Å². The lowest BCUT2D eigenvalue weighted by molar-refractivity contribution is -0.148. The van der Waals surface area contributed by atoms with Crippen LogP contribution in [0.5, 0.6) is 0 Å². The molecule has 0 spiro atoms. The Hall–Kier alpha value is -1.10. The Morgan fingerprint density at radius 1 is 1.77 bits per heavy atom. The third-order valence-electron chi connectivity index (χ3n) is 2.01. The summed E-state index contributed by atoms with van der Waals surface area (Å²) in [4.78, 5) is 21.9. The summed E-state index contributed by atoms with van der Waals surface area (Å²) in [7, 11) is 0. The molecule has 5 nitrogen and oxygen atoms in total. The first-order chi connectivity index (χ1) is 6.38. The highest BCUT2D eigenvalue weighted by Gasteiger charge is 2.37. The van der Waals surface area contributed by atoms with Crippen molar-refractivity contribution >= 4 is 11.9 Å². The molecule has 5 heteroatoms. The molecule has 13 heavy (non-hydrogen) atoms. The molecule has 2 atom stereocenters. The number of carboxylic acids is 1. The zero-order valence-corrected chi connectivity index (χ0v) is 7.83. The molecule has 0 aliphatic rings. The summed E-state index contributed by atoms with van der Waals surface area (Å²) in [6.07, 6.45) is 0. The minimum Gasteiger partial charge on any atom is -0.480 e. The van der Waals surface area contributed by atoms with Gasteiger partial charge in [0.25, 0.3) is 0 Å². The molecule has 4 N–H and O–H groups in total. The minimum atomic E-state index is -1.42. The Morgan fingerprint density at radius 3 is 2.62 bits per heavy atom. The van der Waals surface area contributed by atoms with E-state index in [0.717, 1.165) is 0 Å². The molecule has 0 rings (SSSR count). The number of amides is 1. The fourth-order valence-electron chi connectivity index (χ4n) is 0.728. The summed E-state index contributed by atoms with van der Waals surface area (Å²) in [5.74, 6) is -2.16. The van der Waals surface area contributed by atoms with Gasteiger partial charge in [-0.25, -0.2) is 4.79 Å². The highest BCUT2D eigenvalue weighted by molar-refractivity contribution is 5.87. The molecule has 76 valence electrons. The molecule has 1 unspecified atom stereocenters. The largest absolute Gasteiger partial charge is 0.480 e. The van der Waals surface area contributed by atoms with Crippen molar-refractivity contribution in [1.82, 2.24) is 5.32 Å². The van der Waals surface area contributed by atoms with Crippen LogP contribution in [0.3, 0.4) is 0 Å². The number of carbonyl (C=O) groups is 2. The second-order valence-corrected chi connectivity index (χ2v) is 3.16. The average molecular weight is 189 g/mol. The van der Waals surface area contributed by atoms with Crippen LogP contribution in [-0.2, 0) is 9.59 Å². The fourth-order valence-corrected chi connectivity index (χ4v) is 0.728. The monoisotopic (exact) mass is 189 g/mol. The van der Waals surface area contributed by atoms with E-state index in [1.165, 1.54) is 6.92 Å². The molecule has 0 aromatic heterocycles. The van der Waals surface area contributed by atoms with Crippen LogP contribution in [0.1, 0.15) is 22.1 Å². The van der Waals surface area contributed by atoms with Gasteiger partial charge < -0.3 is 16.2 Å². The van der Waals surface area contributed by atoms with Crippen LogP contribution in [0.2, 0.25) is 0 Å². The molecule has 0 aliphatic carbocycles. The van der Waals surface area contributed by atoms with Crippen molar-refractivity contribution in [1.29, 1.82) is 0 Å². The maximum absolute atomic E-state index is 11.0. The van der Waals surface area contributed by atoms with Crippen molar-refractivity contribution in [2.45, 2.75) is 26.3 Å². The normalized spacial score (nSPS) is 18.2. The topological polar surface area (TPSA) is 92.4 Å². The van der Waals surface area contributed by atoms with Gasteiger partial charge in [-0.05, 0) is 12.8 Å². The minimum absolute atomic E-state index is 0.0757. The first kappa shape index (κ1) is 9.98. The average Bonchev–Trinajstić information content (AvgIpc) is 2.15. The molecule has 0 fully saturated rings. The van der Waals surface area contributed by atoms with E-state index in [9.17, 15) is 9.59 Å². The van der Waals surface area contributed by atoms with Crippen LogP contribution >= 0.6 is 0 Å². The second-order valence-electron chi connectivity index (χ2n) is 3.16. The molecule has 0 aromatic rings. The quantitative estimate of drug-likeness (QED) is 0.559. The predicted octanol–water partition coefficient (Wildman–Crippen LogP) is -0.439. The smallest absolute Gasteiger partial charge is 0.329 e. The summed E-state index contributed by atoms with van der Waals surface area (Å²) in [5.41, 5.74) is 3.65. The standard InChI is InChI=1S/C8H16N2O3/c1-5(2)8(3,7(12)13)10-6(11)4-9/h5H,4,9H2,1-3H3,(H,10,11)(H,12,13)/t8-/m0/s1/i1D/t5?,8-. The molecular formula is C8H16N2O3. The van der Waals surface area contributed by atoms with E-state index in [4.69, 9.17) is 12.2 Å². The highest BCUT2D eigenvalue weighted by Crippen LogP contribution is 2.16. The predicted molar refractivity (Wildman–Crippen MR) is 48.1 cm³/mol. The zero-order valence-electron chi connectivity index (χ0n) is 8.83. The molecule has 0 aliphatic heterocycles. The van der Waals surface area contributed by atoms with Crippen LogP contribution in [0.15, 0.2) is 0 Å². The summed E-state index contributed by atoms with van der Waals surface area (Å²) in [5, 5.41) is 11.2. The van der Waals surface area contributed by atoms with Crippen molar-refractivity contribution < 1.29 is 16.1 Å². The number of hydrogen-bond donors (Lipinski definition) is 3. The van der Waals surface area contributed by atoms with Crippen molar-refractivity contribution in [3.05, 3.63) is 0 Å². The van der Waals surface area contributed by atoms with E-state index in [1.54, 1.807) is 6.92 Å². The van der Waals surface area contributed by atoms with Gasteiger partial charge in [0.2, 0.25) is 5.91 Å². The van der Waals surface area contributed by atoms with Gasteiger partial charge in [-0.3, -0.25) is 4.79 Å². The number of nitrogens with one attached hydrogen (secondary N) is 1. The van der Waals surface area contributed by atoms with Crippen LogP contribution in [0.25, 0.3) is 0 Å². The van der Waals surface area contributed by atoms with E-state index in [2.05, 4.69) is 5.32 Å². The fraction of sp³-hybridized carbons (Fsp3) is 0.750. The lowest BCUT2D eigenvalue weighted by Crippen LogP contribution is -2.57. The van der Waals surface area contributed by atoms with E-state index in [-0.39, 0.29) is 13.4 Å². The first-order valence-electron chi connectivity index (χ1n) is 4.63. The number of hydrogen-bond acceptors (Lipinski definition) is 3. The van der Waals surface area contributed by atoms with E-state index in [0.29, 0.717) is 0 Å². The van der Waals surface area contributed by atoms with Gasteiger partial charge in [0.05, 0.1) is 6.54 Å². The highest BCUT2D eigenvalue weighted by atomic mass is 16.4.